The summed E-state index contributed by atoms with van der Waals surface area (Å²) in [6.45, 7) is 1.99. The molecular formula is C28H27F3N6OS2. The fourth-order valence-electron chi connectivity index (χ4n) is 6.14. The van der Waals surface area contributed by atoms with E-state index in [2.05, 4.69) is 43.0 Å². The summed E-state index contributed by atoms with van der Waals surface area (Å²) in [6, 6.07) is 9.04. The quantitative estimate of drug-likeness (QED) is 0.352. The van der Waals surface area contributed by atoms with Crippen molar-refractivity contribution < 1.29 is 18.0 Å². The van der Waals surface area contributed by atoms with Crippen LogP contribution in [-0.4, -0.2) is 52.3 Å². The Morgan fingerprint density at radius 1 is 1.18 bits per heavy atom. The minimum atomic E-state index is -4.63. The molecule has 5 heterocycles. The van der Waals surface area contributed by atoms with Gasteiger partial charge in [-0.25, -0.2) is 9.97 Å². The maximum Gasteiger partial charge on any atom is 0.420 e. The van der Waals surface area contributed by atoms with Gasteiger partial charge in [-0.3, -0.25) is 4.79 Å². The molecule has 2 aromatic heterocycles. The highest BCUT2D eigenvalue weighted by Gasteiger charge is 2.47. The Morgan fingerprint density at radius 2 is 2.02 bits per heavy atom. The van der Waals surface area contributed by atoms with Crippen LogP contribution in [0.15, 0.2) is 35.4 Å². The lowest BCUT2D eigenvalue weighted by Gasteiger charge is -2.30. The van der Waals surface area contributed by atoms with Gasteiger partial charge in [-0.1, -0.05) is 0 Å². The molecule has 8 rings (SSSR count). The standard InChI is InChI=1S/C28H27F3N6OS2/c29-28(30,31)19-11-33-26(35-23(19)21-9-22-24(40-21)25(38)36-27(5-6-27)13-39-22)34-20-4-3-16(8-18(20)14-1-2-14)37-12-15-7-17(37)10-32-15/h3-4,8-9,11,14-15,17,32H,1-2,5-7,10,12-13H2,(H,36,38)(H,33,34,35). The van der Waals surface area contributed by atoms with Gasteiger partial charge >= 0.3 is 6.18 Å². The number of halogens is 3. The number of benzene rings is 1. The van der Waals surface area contributed by atoms with Gasteiger partial charge in [-0.15, -0.1) is 23.1 Å². The average molecular weight is 585 g/mol. The van der Waals surface area contributed by atoms with E-state index in [-0.39, 0.29) is 23.1 Å². The number of amides is 1. The predicted molar refractivity (Wildman–Crippen MR) is 150 cm³/mol. The van der Waals surface area contributed by atoms with Crippen molar-refractivity contribution in [3.63, 3.8) is 0 Å². The van der Waals surface area contributed by atoms with E-state index in [0.29, 0.717) is 32.7 Å². The molecule has 1 aromatic carbocycles. The van der Waals surface area contributed by atoms with Gasteiger partial charge in [0.1, 0.15) is 10.4 Å². The van der Waals surface area contributed by atoms with Gasteiger partial charge in [0.25, 0.3) is 5.91 Å². The van der Waals surface area contributed by atoms with Crippen LogP contribution in [0.2, 0.25) is 0 Å². The number of hydrogen-bond donors (Lipinski definition) is 3. The molecule has 4 fully saturated rings. The van der Waals surface area contributed by atoms with E-state index in [1.54, 1.807) is 6.07 Å². The summed E-state index contributed by atoms with van der Waals surface area (Å²) in [5.74, 6) is 1.04. The average Bonchev–Trinajstić information content (AvgIpc) is 3.79. The number of thioether (sulfide) groups is 1. The summed E-state index contributed by atoms with van der Waals surface area (Å²) >= 11 is 2.59. The molecule has 0 radical (unpaired) electrons. The highest BCUT2D eigenvalue weighted by Crippen LogP contribution is 2.49. The van der Waals surface area contributed by atoms with Gasteiger partial charge in [-0.05, 0) is 67.9 Å². The molecule has 2 atom stereocenters. The summed E-state index contributed by atoms with van der Waals surface area (Å²) in [5, 5.41) is 9.84. The fraction of sp³-hybridized carbons (Fsp3) is 0.464. The number of carbonyl (C=O) groups excluding carboxylic acids is 1. The van der Waals surface area contributed by atoms with E-state index in [4.69, 9.17) is 0 Å². The second-order valence-corrected chi connectivity index (χ2v) is 13.7. The van der Waals surface area contributed by atoms with E-state index in [1.165, 1.54) is 17.4 Å². The largest absolute Gasteiger partial charge is 0.420 e. The number of fused-ring (bicyclic) bond motifs is 3. The van der Waals surface area contributed by atoms with Crippen LogP contribution in [-0.2, 0) is 6.18 Å². The van der Waals surface area contributed by atoms with Crippen LogP contribution in [0, 0.1) is 0 Å². The molecule has 2 saturated carbocycles. The number of thiophene rings is 1. The van der Waals surface area contributed by atoms with E-state index in [9.17, 15) is 18.0 Å². The summed E-state index contributed by atoms with van der Waals surface area (Å²) < 4.78 is 42.2. The highest BCUT2D eigenvalue weighted by atomic mass is 32.2. The van der Waals surface area contributed by atoms with E-state index in [1.807, 2.05) is 6.07 Å². The van der Waals surface area contributed by atoms with Gasteiger partial charge in [0.05, 0.1) is 10.6 Å². The van der Waals surface area contributed by atoms with Gasteiger partial charge in [0.15, 0.2) is 0 Å². The Labute approximate surface area is 237 Å². The van der Waals surface area contributed by atoms with Crippen LogP contribution < -0.4 is 20.9 Å². The molecule has 2 aliphatic carbocycles. The lowest BCUT2D eigenvalue weighted by atomic mass is 10.1. The molecule has 208 valence electrons. The third kappa shape index (κ3) is 4.35. The van der Waals surface area contributed by atoms with Crippen LogP contribution in [0.5, 0.6) is 0 Å². The molecule has 2 bridgehead atoms. The Bertz CT molecular complexity index is 1530. The zero-order valence-corrected chi connectivity index (χ0v) is 23.1. The Morgan fingerprint density at radius 3 is 2.73 bits per heavy atom. The third-order valence-electron chi connectivity index (χ3n) is 8.66. The summed E-state index contributed by atoms with van der Waals surface area (Å²) in [6.07, 6.45) is 1.43. The number of aromatic nitrogens is 2. The van der Waals surface area contributed by atoms with Crippen molar-refractivity contribution in [1.82, 2.24) is 20.6 Å². The van der Waals surface area contributed by atoms with Crippen molar-refractivity contribution in [2.45, 2.75) is 66.7 Å². The zero-order valence-electron chi connectivity index (χ0n) is 21.5. The smallest absolute Gasteiger partial charge is 0.366 e. The third-order valence-corrected chi connectivity index (χ3v) is 11.3. The second-order valence-electron chi connectivity index (χ2n) is 11.6. The molecule has 5 aliphatic rings. The first-order valence-corrected chi connectivity index (χ1v) is 15.5. The minimum Gasteiger partial charge on any atom is -0.366 e. The lowest BCUT2D eigenvalue weighted by molar-refractivity contribution is -0.137. The first-order valence-electron chi connectivity index (χ1n) is 13.7. The van der Waals surface area contributed by atoms with Crippen molar-refractivity contribution >= 4 is 46.3 Å². The maximum atomic E-state index is 14.1. The molecule has 3 aliphatic heterocycles. The van der Waals surface area contributed by atoms with Crippen LogP contribution >= 0.6 is 23.1 Å². The normalized spacial score (nSPS) is 24.7. The number of anilines is 3. The number of alkyl halides is 3. The molecule has 2 unspecified atom stereocenters. The van der Waals surface area contributed by atoms with Crippen molar-refractivity contribution in [2.75, 3.05) is 29.1 Å². The summed E-state index contributed by atoms with van der Waals surface area (Å²) in [5.41, 5.74) is 1.90. The number of piperazine rings is 1. The predicted octanol–water partition coefficient (Wildman–Crippen LogP) is 5.76. The van der Waals surface area contributed by atoms with Gasteiger partial charge < -0.3 is 20.9 Å². The zero-order chi connectivity index (χ0) is 27.2. The Balaban J connectivity index is 1.13. The molecule has 3 aromatic rings. The molecule has 1 amide bonds. The monoisotopic (exact) mass is 584 g/mol. The summed E-state index contributed by atoms with van der Waals surface area (Å²) in [7, 11) is 0. The van der Waals surface area contributed by atoms with Crippen molar-refractivity contribution in [3.8, 4) is 10.6 Å². The first-order chi connectivity index (χ1) is 19.2. The fourth-order valence-corrected chi connectivity index (χ4v) is 8.68. The van der Waals surface area contributed by atoms with Crippen LogP contribution in [0.25, 0.3) is 10.6 Å². The molecule has 3 N–H and O–H groups in total. The number of nitrogens with zero attached hydrogens (tertiary/aromatic N) is 3. The van der Waals surface area contributed by atoms with Crippen LogP contribution in [0.4, 0.5) is 30.5 Å². The van der Waals surface area contributed by atoms with E-state index in [0.717, 1.165) is 79.7 Å². The van der Waals surface area contributed by atoms with Crippen LogP contribution in [0.1, 0.15) is 58.8 Å². The lowest BCUT2D eigenvalue weighted by Crippen LogP contribution is -2.43. The van der Waals surface area contributed by atoms with Gasteiger partial charge in [0, 0.05) is 58.9 Å². The number of nitrogens with one attached hydrogen (secondary N) is 3. The number of rotatable bonds is 5. The van der Waals surface area contributed by atoms with Crippen LogP contribution in [0.3, 0.4) is 0 Å². The van der Waals surface area contributed by atoms with Gasteiger partial charge in [-0.2, -0.15) is 13.2 Å². The number of carbonyl (C=O) groups is 1. The highest BCUT2D eigenvalue weighted by molar-refractivity contribution is 7.99. The molecular weight excluding hydrogens is 557 g/mol. The second kappa shape index (κ2) is 8.83. The van der Waals surface area contributed by atoms with E-state index < -0.39 is 11.7 Å². The van der Waals surface area contributed by atoms with E-state index >= 15 is 0 Å². The topological polar surface area (TPSA) is 82.2 Å². The Kier molecular flexibility index (Phi) is 5.50. The number of hydrogen-bond acceptors (Lipinski definition) is 8. The molecule has 2 saturated heterocycles. The minimum absolute atomic E-state index is 0.111. The molecule has 7 nitrogen and oxygen atoms in total. The molecule has 1 spiro atoms. The van der Waals surface area contributed by atoms with Crippen molar-refractivity contribution in [3.05, 3.63) is 46.5 Å². The van der Waals surface area contributed by atoms with Crippen molar-refractivity contribution in [1.29, 1.82) is 0 Å². The Hall–Kier alpha value is -2.83. The SMILES string of the molecule is O=C1NC2(CC2)CSc2cc(-c3nc(Nc4ccc(N5CC6CC5CN6)cc4C4CC4)ncc3C(F)(F)F)sc21. The maximum absolute atomic E-state index is 14.1. The molecule has 40 heavy (non-hydrogen) atoms. The van der Waals surface area contributed by atoms with Crippen molar-refractivity contribution in [2.24, 2.45) is 0 Å². The first kappa shape index (κ1) is 24.9. The molecule has 12 heteroatoms. The summed E-state index contributed by atoms with van der Waals surface area (Å²) in [4.78, 5) is 25.3. The van der Waals surface area contributed by atoms with Gasteiger partial charge in [0.2, 0.25) is 5.95 Å².